The van der Waals surface area contributed by atoms with Crippen LogP contribution in [0.3, 0.4) is 0 Å². The zero-order valence-electron chi connectivity index (χ0n) is 15.7. The minimum atomic E-state index is -0.342. The third-order valence-electron chi connectivity index (χ3n) is 4.79. The quantitative estimate of drug-likeness (QED) is 0.487. The Hall–Kier alpha value is -3.53. The lowest BCUT2D eigenvalue weighted by molar-refractivity contribution is 0.102. The summed E-state index contributed by atoms with van der Waals surface area (Å²) in [4.78, 5) is 17.9. The van der Waals surface area contributed by atoms with Crippen molar-refractivity contribution in [2.24, 2.45) is 0 Å². The highest BCUT2D eigenvalue weighted by molar-refractivity contribution is 6.14. The second kappa shape index (κ2) is 7.24. The molecule has 3 nitrogen and oxygen atoms in total. The molecule has 0 spiro atoms. The second-order valence-corrected chi connectivity index (χ2v) is 6.80. The summed E-state index contributed by atoms with van der Waals surface area (Å²) in [5, 5.41) is 3.66. The molecule has 0 saturated heterocycles. The van der Waals surface area contributed by atoms with Crippen molar-refractivity contribution in [2.75, 3.05) is 5.32 Å². The van der Waals surface area contributed by atoms with Crippen LogP contribution in [0.1, 0.15) is 21.5 Å². The highest BCUT2D eigenvalue weighted by Gasteiger charge is 2.19. The number of hydrogen-bond donors (Lipinski definition) is 1. The van der Waals surface area contributed by atoms with Crippen LogP contribution in [0, 0.1) is 19.7 Å². The van der Waals surface area contributed by atoms with Crippen molar-refractivity contribution in [3.8, 4) is 11.3 Å². The molecular weight excluding hydrogens is 351 g/mol. The SMILES string of the molecule is Cc1ccc(-c2nc3ccccc3c(C(=O)Nc3ccc(F)cc3)c2C)cc1. The molecule has 0 bridgehead atoms. The van der Waals surface area contributed by atoms with Gasteiger partial charge < -0.3 is 5.32 Å². The monoisotopic (exact) mass is 370 g/mol. The van der Waals surface area contributed by atoms with Crippen LogP contribution in [0.25, 0.3) is 22.2 Å². The standard InChI is InChI=1S/C24H19FN2O/c1-15-7-9-17(10-8-15)23-16(2)22(20-5-3-4-6-21(20)27-23)24(28)26-19-13-11-18(25)12-14-19/h3-14H,1-2H3,(H,26,28). The van der Waals surface area contributed by atoms with Gasteiger partial charge in [0.25, 0.3) is 5.91 Å². The Balaban J connectivity index is 1.86. The normalized spacial score (nSPS) is 10.8. The van der Waals surface area contributed by atoms with Crippen LogP contribution in [-0.4, -0.2) is 10.9 Å². The molecule has 1 heterocycles. The molecule has 0 saturated carbocycles. The minimum absolute atomic E-state index is 0.240. The van der Waals surface area contributed by atoms with Gasteiger partial charge in [0.2, 0.25) is 0 Å². The highest BCUT2D eigenvalue weighted by Crippen LogP contribution is 2.30. The van der Waals surface area contributed by atoms with Crippen LogP contribution >= 0.6 is 0 Å². The number of rotatable bonds is 3. The van der Waals surface area contributed by atoms with E-state index in [4.69, 9.17) is 4.98 Å². The third kappa shape index (κ3) is 3.37. The molecule has 138 valence electrons. The van der Waals surface area contributed by atoms with Crippen LogP contribution in [0.4, 0.5) is 10.1 Å². The maximum atomic E-state index is 13.2. The van der Waals surface area contributed by atoms with Gasteiger partial charge in [0.1, 0.15) is 5.82 Å². The average molecular weight is 370 g/mol. The van der Waals surface area contributed by atoms with Crippen molar-refractivity contribution in [3.05, 3.63) is 95.3 Å². The summed E-state index contributed by atoms with van der Waals surface area (Å²) in [5.41, 5.74) is 5.59. The molecule has 0 aliphatic carbocycles. The number of pyridine rings is 1. The van der Waals surface area contributed by atoms with E-state index in [2.05, 4.69) is 5.32 Å². The van der Waals surface area contributed by atoms with Crippen molar-refractivity contribution < 1.29 is 9.18 Å². The van der Waals surface area contributed by atoms with Crippen molar-refractivity contribution in [1.29, 1.82) is 0 Å². The number of fused-ring (bicyclic) bond motifs is 1. The van der Waals surface area contributed by atoms with Crippen LogP contribution in [0.2, 0.25) is 0 Å². The summed E-state index contributed by atoms with van der Waals surface area (Å²) in [5.74, 6) is -0.582. The van der Waals surface area contributed by atoms with Gasteiger partial charge >= 0.3 is 0 Å². The van der Waals surface area contributed by atoms with Gasteiger partial charge in [0.15, 0.2) is 0 Å². The first-order valence-electron chi connectivity index (χ1n) is 9.06. The molecule has 0 radical (unpaired) electrons. The number of hydrogen-bond acceptors (Lipinski definition) is 2. The van der Waals surface area contributed by atoms with Gasteiger partial charge in [0, 0.05) is 16.6 Å². The van der Waals surface area contributed by atoms with Gasteiger partial charge in [-0.3, -0.25) is 4.79 Å². The molecule has 4 heteroatoms. The minimum Gasteiger partial charge on any atom is -0.322 e. The first-order chi connectivity index (χ1) is 13.5. The van der Waals surface area contributed by atoms with Crippen LogP contribution in [0.15, 0.2) is 72.8 Å². The zero-order chi connectivity index (χ0) is 19.7. The number of aromatic nitrogens is 1. The average Bonchev–Trinajstić information content (AvgIpc) is 2.70. The van der Waals surface area contributed by atoms with Crippen molar-refractivity contribution in [3.63, 3.8) is 0 Å². The number of para-hydroxylation sites is 1. The zero-order valence-corrected chi connectivity index (χ0v) is 15.7. The summed E-state index contributed by atoms with van der Waals surface area (Å²) in [6, 6.07) is 21.4. The maximum Gasteiger partial charge on any atom is 0.256 e. The molecule has 4 rings (SSSR count). The number of aryl methyl sites for hydroxylation is 1. The lowest BCUT2D eigenvalue weighted by atomic mass is 9.96. The van der Waals surface area contributed by atoms with E-state index in [0.717, 1.165) is 33.3 Å². The van der Waals surface area contributed by atoms with E-state index in [1.165, 1.54) is 12.1 Å². The molecule has 0 aliphatic heterocycles. The molecule has 1 N–H and O–H groups in total. The number of halogens is 1. The van der Waals surface area contributed by atoms with Gasteiger partial charge in [-0.1, -0.05) is 48.0 Å². The lowest BCUT2D eigenvalue weighted by Gasteiger charge is -2.15. The molecule has 1 amide bonds. The van der Waals surface area contributed by atoms with Crippen LogP contribution in [-0.2, 0) is 0 Å². The fourth-order valence-corrected chi connectivity index (χ4v) is 3.32. The molecule has 28 heavy (non-hydrogen) atoms. The van der Waals surface area contributed by atoms with Gasteiger partial charge in [0.05, 0.1) is 16.8 Å². The number of nitrogens with one attached hydrogen (secondary N) is 1. The highest BCUT2D eigenvalue weighted by atomic mass is 19.1. The van der Waals surface area contributed by atoms with E-state index in [0.29, 0.717) is 11.3 Å². The Morgan fingerprint density at radius 1 is 0.893 bits per heavy atom. The van der Waals surface area contributed by atoms with E-state index >= 15 is 0 Å². The van der Waals surface area contributed by atoms with Crippen molar-refractivity contribution in [2.45, 2.75) is 13.8 Å². The molecule has 0 unspecified atom stereocenters. The Morgan fingerprint density at radius 3 is 2.29 bits per heavy atom. The maximum absolute atomic E-state index is 13.2. The Bertz CT molecular complexity index is 1170. The summed E-state index contributed by atoms with van der Waals surface area (Å²) in [6.07, 6.45) is 0. The fraction of sp³-hybridized carbons (Fsp3) is 0.0833. The van der Waals surface area contributed by atoms with Crippen molar-refractivity contribution in [1.82, 2.24) is 4.98 Å². The summed E-state index contributed by atoms with van der Waals surface area (Å²) in [7, 11) is 0. The lowest BCUT2D eigenvalue weighted by Crippen LogP contribution is -2.15. The number of anilines is 1. The van der Waals surface area contributed by atoms with E-state index < -0.39 is 0 Å². The number of carbonyl (C=O) groups excluding carboxylic acids is 1. The van der Waals surface area contributed by atoms with E-state index in [1.54, 1.807) is 12.1 Å². The second-order valence-electron chi connectivity index (χ2n) is 6.80. The number of nitrogens with zero attached hydrogens (tertiary/aromatic N) is 1. The Labute approximate surface area is 162 Å². The smallest absolute Gasteiger partial charge is 0.256 e. The molecule has 1 aromatic heterocycles. The van der Waals surface area contributed by atoms with Gasteiger partial charge in [-0.15, -0.1) is 0 Å². The summed E-state index contributed by atoms with van der Waals surface area (Å²) >= 11 is 0. The molecular formula is C24H19FN2O. The fourth-order valence-electron chi connectivity index (χ4n) is 3.32. The summed E-state index contributed by atoms with van der Waals surface area (Å²) < 4.78 is 13.2. The largest absolute Gasteiger partial charge is 0.322 e. The summed E-state index contributed by atoms with van der Waals surface area (Å²) in [6.45, 7) is 3.94. The molecule has 3 aromatic carbocycles. The molecule has 0 fully saturated rings. The number of amides is 1. The third-order valence-corrected chi connectivity index (χ3v) is 4.79. The van der Waals surface area contributed by atoms with E-state index in [9.17, 15) is 9.18 Å². The molecule has 4 aromatic rings. The van der Waals surface area contributed by atoms with Crippen LogP contribution in [0.5, 0.6) is 0 Å². The van der Waals surface area contributed by atoms with Gasteiger partial charge in [-0.2, -0.15) is 0 Å². The van der Waals surface area contributed by atoms with Crippen molar-refractivity contribution >= 4 is 22.5 Å². The topological polar surface area (TPSA) is 42.0 Å². The Kier molecular flexibility index (Phi) is 4.62. The molecule has 0 atom stereocenters. The first kappa shape index (κ1) is 17.9. The Morgan fingerprint density at radius 2 is 1.57 bits per heavy atom. The van der Waals surface area contributed by atoms with Crippen LogP contribution < -0.4 is 5.32 Å². The predicted molar refractivity (Wildman–Crippen MR) is 111 cm³/mol. The number of carbonyl (C=O) groups is 1. The first-order valence-corrected chi connectivity index (χ1v) is 9.06. The van der Waals surface area contributed by atoms with E-state index in [1.807, 2.05) is 62.4 Å². The van der Waals surface area contributed by atoms with Gasteiger partial charge in [-0.25, -0.2) is 9.37 Å². The predicted octanol–water partition coefficient (Wildman–Crippen LogP) is 5.91. The van der Waals surface area contributed by atoms with Gasteiger partial charge in [-0.05, 0) is 49.7 Å². The molecule has 0 aliphatic rings. The van der Waals surface area contributed by atoms with E-state index in [-0.39, 0.29) is 11.7 Å². The number of benzene rings is 3.